The van der Waals surface area contributed by atoms with Crippen molar-refractivity contribution in [1.82, 2.24) is 9.80 Å². The van der Waals surface area contributed by atoms with Gasteiger partial charge in [-0.15, -0.1) is 0 Å². The molecular weight excluding hydrogens is 260 g/mol. The second kappa shape index (κ2) is 8.92. The summed E-state index contributed by atoms with van der Waals surface area (Å²) in [5.41, 5.74) is 0. The number of esters is 1. The first kappa shape index (κ1) is 16.9. The first-order valence-corrected chi connectivity index (χ1v) is 7.31. The fourth-order valence-corrected chi connectivity index (χ4v) is 2.31. The molecule has 0 N–H and O–H groups in total. The van der Waals surface area contributed by atoms with Crippen molar-refractivity contribution < 1.29 is 19.1 Å². The van der Waals surface area contributed by atoms with Gasteiger partial charge >= 0.3 is 5.97 Å². The van der Waals surface area contributed by atoms with Gasteiger partial charge in [0.15, 0.2) is 6.10 Å². The molecule has 6 heteroatoms. The topological polar surface area (TPSA) is 59.1 Å². The molecule has 1 fully saturated rings. The van der Waals surface area contributed by atoms with Crippen LogP contribution in [0.3, 0.4) is 0 Å². The van der Waals surface area contributed by atoms with E-state index >= 15 is 0 Å². The third-order valence-electron chi connectivity index (χ3n) is 3.31. The molecule has 0 spiro atoms. The number of carbonyl (C=O) groups is 2. The number of ether oxygens (including phenoxy) is 2. The maximum Gasteiger partial charge on any atom is 0.336 e. The van der Waals surface area contributed by atoms with Gasteiger partial charge in [0.05, 0.1) is 20.3 Å². The Kier molecular flexibility index (Phi) is 7.54. The van der Waals surface area contributed by atoms with Crippen LogP contribution in [0.2, 0.25) is 0 Å². The fraction of sp³-hybridized carbons (Fsp3) is 0.857. The van der Waals surface area contributed by atoms with Gasteiger partial charge in [0.25, 0.3) is 0 Å². The number of rotatable bonds is 7. The second-order valence-corrected chi connectivity index (χ2v) is 5.00. The van der Waals surface area contributed by atoms with Gasteiger partial charge in [0.2, 0.25) is 5.91 Å². The molecule has 0 bridgehead atoms. The molecule has 1 rings (SSSR count). The molecule has 1 atom stereocenters. The van der Waals surface area contributed by atoms with Crippen molar-refractivity contribution >= 4 is 11.9 Å². The van der Waals surface area contributed by atoms with E-state index in [9.17, 15) is 9.59 Å². The van der Waals surface area contributed by atoms with Crippen molar-refractivity contribution in [3.63, 3.8) is 0 Å². The third-order valence-corrected chi connectivity index (χ3v) is 3.31. The summed E-state index contributed by atoms with van der Waals surface area (Å²) in [6.45, 7) is 7.60. The van der Waals surface area contributed by atoms with Crippen LogP contribution in [0.4, 0.5) is 0 Å². The monoisotopic (exact) mass is 286 g/mol. The summed E-state index contributed by atoms with van der Waals surface area (Å²) >= 11 is 0. The average Bonchev–Trinajstić information content (AvgIpc) is 2.46. The van der Waals surface area contributed by atoms with E-state index in [-0.39, 0.29) is 11.9 Å². The van der Waals surface area contributed by atoms with Gasteiger partial charge in [-0.05, 0) is 12.8 Å². The minimum atomic E-state index is -0.577. The smallest absolute Gasteiger partial charge is 0.336 e. The van der Waals surface area contributed by atoms with Crippen LogP contribution in [0.15, 0.2) is 0 Å². The molecule has 1 heterocycles. The lowest BCUT2D eigenvalue weighted by atomic mass is 10.2. The highest BCUT2D eigenvalue weighted by Gasteiger charge is 2.29. The Bertz CT molecular complexity index is 316. The highest BCUT2D eigenvalue weighted by atomic mass is 16.6. The first-order chi connectivity index (χ1) is 9.62. The van der Waals surface area contributed by atoms with Crippen LogP contribution in [-0.4, -0.2) is 74.2 Å². The van der Waals surface area contributed by atoms with Gasteiger partial charge in [0.1, 0.15) is 0 Å². The summed E-state index contributed by atoms with van der Waals surface area (Å²) in [4.78, 5) is 27.6. The van der Waals surface area contributed by atoms with Crippen LogP contribution in [0.25, 0.3) is 0 Å². The summed E-state index contributed by atoms with van der Waals surface area (Å²) in [6, 6.07) is 0. The van der Waals surface area contributed by atoms with Gasteiger partial charge in [-0.25, -0.2) is 4.79 Å². The van der Waals surface area contributed by atoms with Crippen LogP contribution in [0.1, 0.15) is 26.7 Å². The minimum Gasteiger partial charge on any atom is -0.467 e. The third kappa shape index (κ3) is 5.09. The molecule has 1 aliphatic rings. The van der Waals surface area contributed by atoms with E-state index < -0.39 is 6.10 Å². The SMILES string of the molecule is CCCN(CCC)C(=O)CN1CCOC(C(=O)OC)C1. The molecule has 1 unspecified atom stereocenters. The van der Waals surface area contributed by atoms with Crippen molar-refractivity contribution in [1.29, 1.82) is 0 Å². The van der Waals surface area contributed by atoms with Crippen LogP contribution in [0, 0.1) is 0 Å². The molecule has 1 aliphatic heterocycles. The van der Waals surface area contributed by atoms with E-state index in [1.165, 1.54) is 7.11 Å². The Morgan fingerprint density at radius 1 is 1.30 bits per heavy atom. The number of carbonyl (C=O) groups excluding carboxylic acids is 2. The standard InChI is InChI=1S/C14H26N2O4/c1-4-6-16(7-5-2)13(17)11-15-8-9-20-12(10-15)14(18)19-3/h12H,4-11H2,1-3H3. The molecule has 0 radical (unpaired) electrons. The van der Waals surface area contributed by atoms with E-state index in [4.69, 9.17) is 4.74 Å². The van der Waals surface area contributed by atoms with E-state index in [0.717, 1.165) is 25.9 Å². The van der Waals surface area contributed by atoms with Crippen molar-refractivity contribution in [2.45, 2.75) is 32.8 Å². The van der Waals surface area contributed by atoms with Crippen molar-refractivity contribution in [3.8, 4) is 0 Å². The number of morpholine rings is 1. The molecule has 20 heavy (non-hydrogen) atoms. The first-order valence-electron chi connectivity index (χ1n) is 7.31. The Balaban J connectivity index is 2.49. The molecule has 6 nitrogen and oxygen atoms in total. The Labute approximate surface area is 121 Å². The number of amides is 1. The zero-order chi connectivity index (χ0) is 15.0. The lowest BCUT2D eigenvalue weighted by Gasteiger charge is -2.32. The van der Waals surface area contributed by atoms with Crippen molar-refractivity contribution in [3.05, 3.63) is 0 Å². The second-order valence-electron chi connectivity index (χ2n) is 5.00. The highest BCUT2D eigenvalue weighted by molar-refractivity contribution is 5.78. The Hall–Kier alpha value is -1.14. The predicted molar refractivity (Wildman–Crippen MR) is 75.4 cm³/mol. The average molecular weight is 286 g/mol. The van der Waals surface area contributed by atoms with Crippen LogP contribution < -0.4 is 0 Å². The summed E-state index contributed by atoms with van der Waals surface area (Å²) < 4.78 is 10.0. The fourth-order valence-electron chi connectivity index (χ4n) is 2.31. The van der Waals surface area contributed by atoms with E-state index in [2.05, 4.69) is 18.6 Å². The van der Waals surface area contributed by atoms with E-state index in [1.807, 2.05) is 9.80 Å². The summed E-state index contributed by atoms with van der Waals surface area (Å²) in [6.07, 6.45) is 1.34. The van der Waals surface area contributed by atoms with Crippen LogP contribution in [-0.2, 0) is 19.1 Å². The van der Waals surface area contributed by atoms with Crippen molar-refractivity contribution in [2.24, 2.45) is 0 Å². The molecule has 0 aromatic carbocycles. The molecule has 0 aromatic heterocycles. The van der Waals surface area contributed by atoms with Gasteiger partial charge < -0.3 is 14.4 Å². The highest BCUT2D eigenvalue weighted by Crippen LogP contribution is 2.07. The van der Waals surface area contributed by atoms with Gasteiger partial charge in [-0.3, -0.25) is 9.69 Å². The van der Waals surface area contributed by atoms with Crippen LogP contribution in [0.5, 0.6) is 0 Å². The van der Waals surface area contributed by atoms with Gasteiger partial charge in [-0.1, -0.05) is 13.8 Å². The summed E-state index contributed by atoms with van der Waals surface area (Å²) in [5, 5.41) is 0. The zero-order valence-electron chi connectivity index (χ0n) is 12.8. The minimum absolute atomic E-state index is 0.124. The number of methoxy groups -OCH3 is 1. The molecule has 0 aromatic rings. The lowest BCUT2D eigenvalue weighted by molar-refractivity contribution is -0.161. The number of nitrogens with zero attached hydrogens (tertiary/aromatic N) is 2. The molecule has 0 aliphatic carbocycles. The summed E-state index contributed by atoms with van der Waals surface area (Å²) in [5.74, 6) is -0.250. The maximum atomic E-state index is 12.3. The van der Waals surface area contributed by atoms with Crippen molar-refractivity contribution in [2.75, 3.05) is 46.4 Å². The lowest BCUT2D eigenvalue weighted by Crippen LogP contribution is -2.50. The van der Waals surface area contributed by atoms with E-state index in [0.29, 0.717) is 26.2 Å². The number of hydrogen-bond donors (Lipinski definition) is 0. The maximum absolute atomic E-state index is 12.3. The van der Waals surface area contributed by atoms with Crippen LogP contribution >= 0.6 is 0 Å². The normalized spacial score (nSPS) is 19.6. The number of hydrogen-bond acceptors (Lipinski definition) is 5. The molecule has 1 amide bonds. The molecule has 116 valence electrons. The van der Waals surface area contributed by atoms with E-state index in [1.54, 1.807) is 0 Å². The molecule has 1 saturated heterocycles. The predicted octanol–water partition coefficient (Wildman–Crippen LogP) is 0.509. The largest absolute Gasteiger partial charge is 0.467 e. The van der Waals surface area contributed by atoms with Gasteiger partial charge in [-0.2, -0.15) is 0 Å². The molecule has 0 saturated carbocycles. The zero-order valence-corrected chi connectivity index (χ0v) is 12.8. The quantitative estimate of drug-likeness (QED) is 0.638. The van der Waals surface area contributed by atoms with Gasteiger partial charge in [0, 0.05) is 26.2 Å². The Morgan fingerprint density at radius 3 is 2.50 bits per heavy atom. The molecular formula is C14H26N2O4. The summed E-state index contributed by atoms with van der Waals surface area (Å²) in [7, 11) is 1.35. The Morgan fingerprint density at radius 2 is 1.95 bits per heavy atom.